The summed E-state index contributed by atoms with van der Waals surface area (Å²) in [5, 5.41) is 21.6. The van der Waals surface area contributed by atoms with Crippen molar-refractivity contribution in [2.24, 2.45) is 5.41 Å². The molecule has 1 aliphatic rings. The lowest BCUT2D eigenvalue weighted by Crippen LogP contribution is -2.42. The second-order valence-electron chi connectivity index (χ2n) is 4.69. The molecule has 2 N–H and O–H groups in total. The molecule has 0 saturated heterocycles. The van der Waals surface area contributed by atoms with E-state index in [1.54, 1.807) is 0 Å². The van der Waals surface area contributed by atoms with E-state index in [0.717, 1.165) is 25.8 Å². The number of rotatable bonds is 5. The standard InChI is InChI=1S/C12H22N2O/c1-2-11(8-13)14-9-12(10-15)6-4-3-5-7-12/h11,14-15H,2-7,9-10H2,1H3. The average molecular weight is 210 g/mol. The fourth-order valence-electron chi connectivity index (χ4n) is 2.31. The highest BCUT2D eigenvalue weighted by Crippen LogP contribution is 2.35. The van der Waals surface area contributed by atoms with Crippen LogP contribution in [0.25, 0.3) is 0 Å². The summed E-state index contributed by atoms with van der Waals surface area (Å²) in [7, 11) is 0. The Bertz CT molecular complexity index is 216. The van der Waals surface area contributed by atoms with Crippen LogP contribution in [0.3, 0.4) is 0 Å². The number of nitriles is 1. The predicted molar refractivity (Wildman–Crippen MR) is 60.3 cm³/mol. The average Bonchev–Trinajstić information content (AvgIpc) is 2.31. The van der Waals surface area contributed by atoms with E-state index in [-0.39, 0.29) is 18.1 Å². The SMILES string of the molecule is CCC(C#N)NCC1(CO)CCCCC1. The van der Waals surface area contributed by atoms with E-state index in [1.165, 1.54) is 19.3 Å². The van der Waals surface area contributed by atoms with Crippen LogP contribution >= 0.6 is 0 Å². The third kappa shape index (κ3) is 3.48. The Morgan fingerprint density at radius 2 is 2.07 bits per heavy atom. The molecule has 0 amide bonds. The van der Waals surface area contributed by atoms with Crippen LogP contribution in [0.5, 0.6) is 0 Å². The Labute approximate surface area is 92.5 Å². The van der Waals surface area contributed by atoms with Gasteiger partial charge in [0.1, 0.15) is 0 Å². The van der Waals surface area contributed by atoms with Crippen molar-refractivity contribution in [3.05, 3.63) is 0 Å². The first-order valence-corrected chi connectivity index (χ1v) is 6.00. The smallest absolute Gasteiger partial charge is 0.0950 e. The quantitative estimate of drug-likeness (QED) is 0.727. The Hall–Kier alpha value is -0.590. The van der Waals surface area contributed by atoms with E-state index >= 15 is 0 Å². The van der Waals surface area contributed by atoms with Gasteiger partial charge in [-0.15, -0.1) is 0 Å². The summed E-state index contributed by atoms with van der Waals surface area (Å²) in [5.74, 6) is 0. The maximum absolute atomic E-state index is 9.48. The van der Waals surface area contributed by atoms with Gasteiger partial charge in [-0.1, -0.05) is 26.2 Å². The van der Waals surface area contributed by atoms with Gasteiger partial charge in [-0.25, -0.2) is 0 Å². The van der Waals surface area contributed by atoms with Crippen molar-refractivity contribution in [3.63, 3.8) is 0 Å². The third-order valence-electron chi connectivity index (χ3n) is 3.54. The van der Waals surface area contributed by atoms with Crippen LogP contribution in [0.2, 0.25) is 0 Å². The minimum absolute atomic E-state index is 0.0442. The molecule has 1 aliphatic carbocycles. The molecule has 0 aromatic heterocycles. The maximum atomic E-state index is 9.48. The van der Waals surface area contributed by atoms with E-state index in [0.29, 0.717) is 0 Å². The molecule has 0 heterocycles. The van der Waals surface area contributed by atoms with E-state index < -0.39 is 0 Å². The molecule has 3 nitrogen and oxygen atoms in total. The minimum atomic E-state index is -0.0599. The zero-order valence-electron chi connectivity index (χ0n) is 9.63. The molecule has 0 bridgehead atoms. The van der Waals surface area contributed by atoms with Crippen LogP contribution in [-0.4, -0.2) is 24.3 Å². The van der Waals surface area contributed by atoms with Gasteiger partial charge < -0.3 is 10.4 Å². The maximum Gasteiger partial charge on any atom is 0.0950 e. The van der Waals surface area contributed by atoms with Gasteiger partial charge in [-0.2, -0.15) is 5.26 Å². The normalized spacial score (nSPS) is 21.9. The molecule has 1 saturated carbocycles. The van der Waals surface area contributed by atoms with Gasteiger partial charge in [0.2, 0.25) is 0 Å². The lowest BCUT2D eigenvalue weighted by atomic mass is 9.74. The fraction of sp³-hybridized carbons (Fsp3) is 0.917. The lowest BCUT2D eigenvalue weighted by molar-refractivity contribution is 0.0798. The lowest BCUT2D eigenvalue weighted by Gasteiger charge is -2.36. The van der Waals surface area contributed by atoms with Crippen LogP contribution in [0.1, 0.15) is 45.4 Å². The molecule has 86 valence electrons. The summed E-state index contributed by atoms with van der Waals surface area (Å²) in [6, 6.07) is 2.18. The second kappa shape index (κ2) is 6.09. The number of nitrogens with one attached hydrogen (secondary N) is 1. The summed E-state index contributed by atoms with van der Waals surface area (Å²) in [4.78, 5) is 0. The van der Waals surface area contributed by atoms with Crippen molar-refractivity contribution in [2.75, 3.05) is 13.2 Å². The van der Waals surface area contributed by atoms with Crippen LogP contribution in [0.15, 0.2) is 0 Å². The number of nitrogens with zero attached hydrogens (tertiary/aromatic N) is 1. The molecule has 15 heavy (non-hydrogen) atoms. The van der Waals surface area contributed by atoms with Crippen molar-refractivity contribution in [2.45, 2.75) is 51.5 Å². The molecule has 1 fully saturated rings. The molecule has 0 aromatic rings. The topological polar surface area (TPSA) is 56.0 Å². The van der Waals surface area contributed by atoms with Crippen LogP contribution in [-0.2, 0) is 0 Å². The minimum Gasteiger partial charge on any atom is -0.396 e. The number of aliphatic hydroxyl groups is 1. The monoisotopic (exact) mass is 210 g/mol. The van der Waals surface area contributed by atoms with Gasteiger partial charge in [0.05, 0.1) is 12.1 Å². The molecule has 0 aromatic carbocycles. The Balaban J connectivity index is 2.42. The summed E-state index contributed by atoms with van der Waals surface area (Å²) >= 11 is 0. The van der Waals surface area contributed by atoms with Crippen LogP contribution < -0.4 is 5.32 Å². The summed E-state index contributed by atoms with van der Waals surface area (Å²) in [6.45, 7) is 3.05. The molecular formula is C12H22N2O. The van der Waals surface area contributed by atoms with E-state index in [1.807, 2.05) is 6.92 Å². The number of aliphatic hydroxyl groups excluding tert-OH is 1. The first kappa shape index (κ1) is 12.5. The summed E-state index contributed by atoms with van der Waals surface area (Å²) in [5.41, 5.74) is 0.0442. The molecule has 0 aliphatic heterocycles. The predicted octanol–water partition coefficient (Wildman–Crippen LogP) is 1.82. The fourth-order valence-corrected chi connectivity index (χ4v) is 2.31. The van der Waals surface area contributed by atoms with Gasteiger partial charge in [0.15, 0.2) is 0 Å². The Morgan fingerprint density at radius 1 is 1.40 bits per heavy atom. The second-order valence-corrected chi connectivity index (χ2v) is 4.69. The zero-order chi connectivity index (χ0) is 11.1. The highest BCUT2D eigenvalue weighted by molar-refractivity contribution is 4.92. The van der Waals surface area contributed by atoms with Gasteiger partial charge >= 0.3 is 0 Å². The summed E-state index contributed by atoms with van der Waals surface area (Å²) in [6.07, 6.45) is 6.74. The van der Waals surface area contributed by atoms with Gasteiger partial charge in [-0.3, -0.25) is 0 Å². The van der Waals surface area contributed by atoms with Crippen LogP contribution in [0, 0.1) is 16.7 Å². The van der Waals surface area contributed by atoms with Crippen molar-refractivity contribution in [3.8, 4) is 6.07 Å². The Morgan fingerprint density at radius 3 is 2.53 bits per heavy atom. The molecule has 0 spiro atoms. The number of hydrogen-bond acceptors (Lipinski definition) is 3. The van der Waals surface area contributed by atoms with Gasteiger partial charge in [-0.05, 0) is 19.3 Å². The van der Waals surface area contributed by atoms with Crippen molar-refractivity contribution < 1.29 is 5.11 Å². The summed E-state index contributed by atoms with van der Waals surface area (Å²) < 4.78 is 0. The first-order chi connectivity index (χ1) is 7.26. The van der Waals surface area contributed by atoms with Crippen LogP contribution in [0.4, 0.5) is 0 Å². The first-order valence-electron chi connectivity index (χ1n) is 6.00. The number of hydrogen-bond donors (Lipinski definition) is 2. The highest BCUT2D eigenvalue weighted by atomic mass is 16.3. The van der Waals surface area contributed by atoms with Crippen molar-refractivity contribution in [1.29, 1.82) is 5.26 Å². The largest absolute Gasteiger partial charge is 0.396 e. The molecular weight excluding hydrogens is 188 g/mol. The highest BCUT2D eigenvalue weighted by Gasteiger charge is 2.31. The molecule has 3 heteroatoms. The van der Waals surface area contributed by atoms with E-state index in [2.05, 4.69) is 11.4 Å². The van der Waals surface area contributed by atoms with Gasteiger partial charge in [0.25, 0.3) is 0 Å². The zero-order valence-corrected chi connectivity index (χ0v) is 9.63. The third-order valence-corrected chi connectivity index (χ3v) is 3.54. The van der Waals surface area contributed by atoms with E-state index in [9.17, 15) is 5.11 Å². The molecule has 1 rings (SSSR count). The van der Waals surface area contributed by atoms with Gasteiger partial charge in [0, 0.05) is 18.6 Å². The molecule has 1 atom stereocenters. The molecule has 1 unspecified atom stereocenters. The van der Waals surface area contributed by atoms with E-state index in [4.69, 9.17) is 5.26 Å². The van der Waals surface area contributed by atoms with Crippen molar-refractivity contribution >= 4 is 0 Å². The molecule has 0 radical (unpaired) electrons. The Kier molecular flexibility index (Phi) is 5.07. The van der Waals surface area contributed by atoms with Crippen molar-refractivity contribution in [1.82, 2.24) is 5.32 Å².